The summed E-state index contributed by atoms with van der Waals surface area (Å²) < 4.78 is 22.1. The van der Waals surface area contributed by atoms with Gasteiger partial charge in [-0.05, 0) is 102 Å². The molecule has 0 saturated carbocycles. The summed E-state index contributed by atoms with van der Waals surface area (Å²) in [6.45, 7) is 9.55. The van der Waals surface area contributed by atoms with E-state index >= 15 is 0 Å². The van der Waals surface area contributed by atoms with Crippen LogP contribution in [-0.2, 0) is 21.2 Å². The first-order valence-electron chi connectivity index (χ1n) is 23.8. The lowest BCUT2D eigenvalue weighted by Crippen LogP contribution is -2.54. The van der Waals surface area contributed by atoms with Crippen molar-refractivity contribution in [2.45, 2.75) is 31.7 Å². The zero-order chi connectivity index (χ0) is 49.6. The average Bonchev–Trinajstić information content (AvgIpc) is 3.91. The summed E-state index contributed by atoms with van der Waals surface area (Å²) in [5, 5.41) is 14.4. The third kappa shape index (κ3) is 9.93. The van der Waals surface area contributed by atoms with E-state index in [2.05, 4.69) is 68.8 Å². The van der Waals surface area contributed by atoms with Gasteiger partial charge >= 0.3 is 0 Å². The molecule has 4 amide bonds. The fraction of sp³-hybridized carbons (Fsp3) is 0.327. The van der Waals surface area contributed by atoms with Gasteiger partial charge in [0.15, 0.2) is 0 Å². The molecule has 3 saturated heterocycles. The number of fused-ring (bicyclic) bond motifs is 1. The number of methoxy groups -OCH3 is 1. The lowest BCUT2D eigenvalue weighted by Gasteiger charge is -2.40. The van der Waals surface area contributed by atoms with Crippen molar-refractivity contribution in [2.24, 2.45) is 13.0 Å². The topological polar surface area (TPSA) is 187 Å². The highest BCUT2D eigenvalue weighted by Gasteiger charge is 2.45. The number of rotatable bonds is 13. The lowest BCUT2D eigenvalue weighted by atomic mass is 9.94. The number of nitrogens with zero attached hydrogens (tertiary/aromatic N) is 8. The largest absolute Gasteiger partial charge is 0.494 e. The molecule has 71 heavy (non-hydrogen) atoms. The highest BCUT2D eigenvalue weighted by atomic mass is 79.9. The third-order valence-corrected chi connectivity index (χ3v) is 16.0. The third-order valence-electron chi connectivity index (χ3n) is 13.9. The molecule has 0 bridgehead atoms. The molecule has 2 aromatic heterocycles. The molecule has 0 unspecified atom stereocenters. The van der Waals surface area contributed by atoms with Crippen molar-refractivity contribution in [2.75, 3.05) is 86.7 Å². The van der Waals surface area contributed by atoms with Crippen LogP contribution in [0.5, 0.6) is 5.75 Å². The van der Waals surface area contributed by atoms with Crippen molar-refractivity contribution in [3.63, 3.8) is 0 Å². The number of nitrogens with one attached hydrogen (secondary N) is 3. The van der Waals surface area contributed by atoms with Crippen LogP contribution >= 0.6 is 23.1 Å². The summed E-state index contributed by atoms with van der Waals surface area (Å²) in [6.07, 6.45) is 7.81. The number of hydrogen-bond acceptors (Lipinski definition) is 14. The molecule has 17 nitrogen and oxygen atoms in total. The van der Waals surface area contributed by atoms with E-state index in [9.17, 15) is 23.7 Å². The van der Waals surface area contributed by atoms with Crippen molar-refractivity contribution in [1.82, 2.24) is 34.9 Å². The predicted molar refractivity (Wildman–Crippen MR) is 279 cm³/mol. The fourth-order valence-corrected chi connectivity index (χ4v) is 11.6. The molecule has 10 rings (SSSR count). The van der Waals surface area contributed by atoms with Gasteiger partial charge in [-0.2, -0.15) is 10.1 Å². The molecule has 4 aromatic carbocycles. The number of imide groups is 2. The van der Waals surface area contributed by atoms with Gasteiger partial charge in [0, 0.05) is 106 Å². The lowest BCUT2D eigenvalue weighted by molar-refractivity contribution is -0.136. The second-order valence-electron chi connectivity index (χ2n) is 19.0. The Morgan fingerprint density at radius 3 is 2.24 bits per heavy atom. The maximum Gasteiger partial charge on any atom is 0.262 e. The molecule has 3 N–H and O–H groups in total. The highest BCUT2D eigenvalue weighted by molar-refractivity contribution is 9.10. The molecule has 3 fully saturated rings. The molecule has 1 atom stereocenters. The van der Waals surface area contributed by atoms with Gasteiger partial charge < -0.3 is 29.7 Å². The Balaban J connectivity index is 0.797. The number of benzene rings is 4. The van der Waals surface area contributed by atoms with Crippen LogP contribution in [0.15, 0.2) is 102 Å². The maximum atomic E-state index is 13.7. The van der Waals surface area contributed by atoms with Gasteiger partial charge in [0.05, 0.1) is 40.3 Å². The molecule has 4 aliphatic rings. The SMILES string of the molecule is COc1cc(N2CCC(CN3CCN(c4ccc5c(c4)C(=O)N([C@@H]4CCC(=O)NC4=O)C5=O)CC3)CC2)c(-c2cnn(C)c2)cc1Nc1ncc(Br)c(Nc2ccc(-c3ccccc3)cc2P(C)(C)=O)n1. The predicted octanol–water partition coefficient (Wildman–Crippen LogP) is 7.49. The number of anilines is 6. The molecular weight excluding hydrogens is 986 g/mol. The summed E-state index contributed by atoms with van der Waals surface area (Å²) >= 11 is 3.63. The Morgan fingerprint density at radius 2 is 1.54 bits per heavy atom. The zero-order valence-electron chi connectivity index (χ0n) is 40.0. The number of aromatic nitrogens is 4. The van der Waals surface area contributed by atoms with Gasteiger partial charge in [0.2, 0.25) is 17.8 Å². The van der Waals surface area contributed by atoms with Crippen molar-refractivity contribution >= 4 is 86.5 Å². The number of carbonyl (C=O) groups is 4. The molecule has 4 aliphatic heterocycles. The number of amides is 4. The van der Waals surface area contributed by atoms with E-state index < -0.39 is 36.8 Å². The zero-order valence-corrected chi connectivity index (χ0v) is 42.5. The van der Waals surface area contributed by atoms with Crippen molar-refractivity contribution in [1.29, 1.82) is 0 Å². The Labute approximate surface area is 420 Å². The second-order valence-corrected chi connectivity index (χ2v) is 23.0. The van der Waals surface area contributed by atoms with Gasteiger partial charge in [-0.1, -0.05) is 36.4 Å². The van der Waals surface area contributed by atoms with Gasteiger partial charge in [-0.15, -0.1) is 0 Å². The Hall–Kier alpha value is -6.88. The molecule has 0 aliphatic carbocycles. The quantitative estimate of drug-likeness (QED) is 0.0763. The summed E-state index contributed by atoms with van der Waals surface area (Å²) in [7, 11) is 0.852. The minimum atomic E-state index is -2.72. The monoisotopic (exact) mass is 1040 g/mol. The van der Waals surface area contributed by atoms with E-state index in [1.165, 1.54) is 0 Å². The summed E-state index contributed by atoms with van der Waals surface area (Å²) in [4.78, 5) is 68.7. The van der Waals surface area contributed by atoms with Crippen LogP contribution in [0.1, 0.15) is 46.4 Å². The van der Waals surface area contributed by atoms with E-state index in [4.69, 9.17) is 9.72 Å². The highest BCUT2D eigenvalue weighted by Crippen LogP contribution is 2.43. The molecule has 0 radical (unpaired) electrons. The number of aryl methyl sites for hydroxylation is 1. The van der Waals surface area contributed by atoms with E-state index in [0.717, 1.165) is 102 Å². The van der Waals surface area contributed by atoms with Crippen molar-refractivity contribution < 1.29 is 28.5 Å². The molecular formula is C52H55BrN11O6P. The number of carbonyl (C=O) groups excluding carboxylic acids is 4. The number of ether oxygens (including phenoxy) is 1. The Morgan fingerprint density at radius 1 is 0.775 bits per heavy atom. The molecule has 19 heteroatoms. The van der Waals surface area contributed by atoms with Crippen LogP contribution in [-0.4, -0.2) is 125 Å². The van der Waals surface area contributed by atoms with Crippen LogP contribution in [0.3, 0.4) is 0 Å². The van der Waals surface area contributed by atoms with Gasteiger partial charge in [0.25, 0.3) is 11.8 Å². The fourth-order valence-electron chi connectivity index (χ4n) is 10.1. The summed E-state index contributed by atoms with van der Waals surface area (Å²) in [5.41, 5.74) is 7.88. The molecule has 6 heterocycles. The second kappa shape index (κ2) is 19.7. The average molecular weight is 1040 g/mol. The van der Waals surface area contributed by atoms with Crippen LogP contribution in [0, 0.1) is 5.92 Å². The van der Waals surface area contributed by atoms with Crippen LogP contribution < -0.4 is 35.8 Å². The first-order chi connectivity index (χ1) is 34.2. The maximum absolute atomic E-state index is 13.7. The van der Waals surface area contributed by atoms with Crippen LogP contribution in [0.4, 0.5) is 34.5 Å². The van der Waals surface area contributed by atoms with E-state index in [-0.39, 0.29) is 18.4 Å². The number of halogens is 1. The van der Waals surface area contributed by atoms with E-state index in [1.54, 1.807) is 43.5 Å². The van der Waals surface area contributed by atoms with Crippen LogP contribution in [0.2, 0.25) is 0 Å². The van der Waals surface area contributed by atoms with Gasteiger partial charge in [0.1, 0.15) is 24.8 Å². The van der Waals surface area contributed by atoms with E-state index in [0.29, 0.717) is 44.8 Å². The Kier molecular flexibility index (Phi) is 13.3. The molecule has 6 aromatic rings. The number of piperidine rings is 2. The van der Waals surface area contributed by atoms with Gasteiger partial charge in [-0.25, -0.2) is 4.98 Å². The molecule has 0 spiro atoms. The number of hydrogen-bond donors (Lipinski definition) is 3. The van der Waals surface area contributed by atoms with Crippen LogP contribution in [0.25, 0.3) is 22.3 Å². The van der Waals surface area contributed by atoms with E-state index in [1.807, 2.05) is 74.0 Å². The van der Waals surface area contributed by atoms with Crippen molar-refractivity contribution in [3.05, 3.63) is 113 Å². The summed E-state index contributed by atoms with van der Waals surface area (Å²) in [5.74, 6) is 0.00204. The summed E-state index contributed by atoms with van der Waals surface area (Å²) in [6, 6.07) is 24.5. The smallest absolute Gasteiger partial charge is 0.262 e. The number of piperazine rings is 1. The Bertz CT molecular complexity index is 3110. The first kappa shape index (κ1) is 47.8. The minimum absolute atomic E-state index is 0.0823. The normalized spacial score (nSPS) is 17.9. The van der Waals surface area contributed by atoms with Gasteiger partial charge in [-0.3, -0.25) is 39.0 Å². The first-order valence-corrected chi connectivity index (χ1v) is 27.2. The van der Waals surface area contributed by atoms with Crippen molar-refractivity contribution in [3.8, 4) is 28.0 Å². The molecule has 366 valence electrons. The minimum Gasteiger partial charge on any atom is -0.494 e. The standard InChI is InChI=1S/C52H55BrN11O6P/c1-60-31-35(28-55-60)38-26-42(57-52-54-29-40(53)48(59-52)56-41-13-10-34(24-46(41)71(3,4)69)33-8-6-5-7-9-33)45(70-2)27-44(38)63-18-16-32(17-19-63)30-61-20-22-62(23-21-61)36-11-12-37-39(25-36)51(68)64(50(37)67)43-14-15-47(65)58-49(43)66/h5-13,24-29,31-32,43H,14-23,30H2,1-4H3,(H,58,65,66)(H2,54,56,57,59)/t43-/m1/s1.